The van der Waals surface area contributed by atoms with Crippen LogP contribution < -0.4 is 5.73 Å². The first-order valence-corrected chi connectivity index (χ1v) is 8.01. The van der Waals surface area contributed by atoms with Crippen LogP contribution in [0.15, 0.2) is 0 Å². The number of hydrogen-bond donors (Lipinski definition) is 1. The van der Waals surface area contributed by atoms with E-state index in [9.17, 15) is 9.59 Å². The van der Waals surface area contributed by atoms with Gasteiger partial charge in [-0.15, -0.1) is 11.3 Å². The molecule has 22 heavy (non-hydrogen) atoms. The van der Waals surface area contributed by atoms with E-state index in [0.717, 1.165) is 16.9 Å². The molecule has 0 fully saturated rings. The first-order valence-electron chi connectivity index (χ1n) is 7.19. The van der Waals surface area contributed by atoms with Crippen molar-refractivity contribution in [3.8, 4) is 0 Å². The number of amides is 1. The van der Waals surface area contributed by atoms with Crippen LogP contribution in [0.3, 0.4) is 0 Å². The Morgan fingerprint density at radius 1 is 1.32 bits per heavy atom. The second-order valence-electron chi connectivity index (χ2n) is 6.24. The first kappa shape index (κ1) is 16.6. The molecule has 1 aliphatic heterocycles. The Morgan fingerprint density at radius 2 is 2.00 bits per heavy atom. The molecule has 0 unspecified atom stereocenters. The second kappa shape index (κ2) is 6.16. The highest BCUT2D eigenvalue weighted by Gasteiger charge is 2.29. The third-order valence-corrected chi connectivity index (χ3v) is 4.39. The van der Waals surface area contributed by atoms with Crippen molar-refractivity contribution in [2.45, 2.75) is 45.8 Å². The molecule has 0 radical (unpaired) electrons. The number of carbonyl (C=O) groups is 2. The third-order valence-electron chi connectivity index (χ3n) is 3.35. The van der Waals surface area contributed by atoms with Gasteiger partial charge in [0, 0.05) is 11.4 Å². The summed E-state index contributed by atoms with van der Waals surface area (Å²) in [7, 11) is 1.34. The fraction of sp³-hybridized carbons (Fsp3) is 0.600. The Balaban J connectivity index is 2.25. The van der Waals surface area contributed by atoms with Gasteiger partial charge in [0.05, 0.1) is 19.2 Å². The van der Waals surface area contributed by atoms with E-state index < -0.39 is 11.6 Å². The molecule has 2 heterocycles. The summed E-state index contributed by atoms with van der Waals surface area (Å²) in [5.74, 6) is -0.416. The van der Waals surface area contributed by atoms with Gasteiger partial charge in [-0.05, 0) is 39.2 Å². The summed E-state index contributed by atoms with van der Waals surface area (Å²) in [6.07, 6.45) is 1.12. The van der Waals surface area contributed by atoms with Crippen molar-refractivity contribution in [1.82, 2.24) is 4.90 Å². The van der Waals surface area contributed by atoms with Gasteiger partial charge in [0.15, 0.2) is 0 Å². The van der Waals surface area contributed by atoms with Crippen molar-refractivity contribution in [3.05, 3.63) is 16.0 Å². The van der Waals surface area contributed by atoms with Crippen molar-refractivity contribution in [1.29, 1.82) is 0 Å². The van der Waals surface area contributed by atoms with Gasteiger partial charge < -0.3 is 20.1 Å². The van der Waals surface area contributed by atoms with Crippen LogP contribution in [0.25, 0.3) is 0 Å². The zero-order valence-corrected chi connectivity index (χ0v) is 14.2. The van der Waals surface area contributed by atoms with E-state index >= 15 is 0 Å². The predicted molar refractivity (Wildman–Crippen MR) is 85.0 cm³/mol. The topological polar surface area (TPSA) is 81.9 Å². The molecule has 0 aliphatic carbocycles. The van der Waals surface area contributed by atoms with E-state index in [1.165, 1.54) is 18.4 Å². The number of nitrogens with zero attached hydrogens (tertiary/aromatic N) is 1. The molecule has 6 nitrogen and oxygen atoms in total. The molecule has 7 heteroatoms. The third kappa shape index (κ3) is 3.52. The van der Waals surface area contributed by atoms with Crippen LogP contribution in [0.4, 0.5) is 9.80 Å². The van der Waals surface area contributed by atoms with Crippen LogP contribution in [0.1, 0.15) is 48.0 Å². The number of ether oxygens (including phenoxy) is 2. The lowest BCUT2D eigenvalue weighted by atomic mass is 10.1. The minimum absolute atomic E-state index is 0.341. The van der Waals surface area contributed by atoms with Crippen molar-refractivity contribution < 1.29 is 19.1 Å². The minimum atomic E-state index is -0.530. The average Bonchev–Trinajstić information content (AvgIpc) is 2.58. The van der Waals surface area contributed by atoms with Crippen LogP contribution in [-0.4, -0.2) is 36.2 Å². The summed E-state index contributed by atoms with van der Waals surface area (Å²) in [5.41, 5.74) is 6.78. The van der Waals surface area contributed by atoms with E-state index in [1.54, 1.807) is 4.90 Å². The molecule has 0 aromatic carbocycles. The number of hydrogen-bond acceptors (Lipinski definition) is 6. The predicted octanol–water partition coefficient (Wildman–Crippen LogP) is 2.80. The Labute approximate surface area is 134 Å². The summed E-state index contributed by atoms with van der Waals surface area (Å²) in [5, 5.41) is 0.447. The van der Waals surface area contributed by atoms with Crippen molar-refractivity contribution in [2.75, 3.05) is 19.4 Å². The van der Waals surface area contributed by atoms with Gasteiger partial charge in [-0.3, -0.25) is 0 Å². The number of nitrogens with two attached hydrogens (primary N) is 1. The molecule has 2 N–H and O–H groups in total. The van der Waals surface area contributed by atoms with Gasteiger partial charge >= 0.3 is 12.1 Å². The quantitative estimate of drug-likeness (QED) is 0.803. The smallest absolute Gasteiger partial charge is 0.410 e. The van der Waals surface area contributed by atoms with E-state index in [1.807, 2.05) is 20.8 Å². The van der Waals surface area contributed by atoms with Gasteiger partial charge in [-0.25, -0.2) is 9.59 Å². The Kier molecular flexibility index (Phi) is 4.65. The summed E-state index contributed by atoms with van der Waals surface area (Å²) in [4.78, 5) is 26.7. The van der Waals surface area contributed by atoms with Gasteiger partial charge in [-0.1, -0.05) is 0 Å². The molecule has 0 bridgehead atoms. The number of carbonyl (C=O) groups excluding carboxylic acids is 2. The lowest BCUT2D eigenvalue weighted by Gasteiger charge is -2.26. The number of methoxy groups -OCH3 is 1. The molecule has 0 spiro atoms. The van der Waals surface area contributed by atoms with Crippen molar-refractivity contribution in [3.63, 3.8) is 0 Å². The molecule has 0 saturated heterocycles. The monoisotopic (exact) mass is 326 g/mol. The summed E-state index contributed by atoms with van der Waals surface area (Å²) < 4.78 is 10.2. The molecule has 1 aliphatic rings. The Bertz CT molecular complexity index is 589. The van der Waals surface area contributed by atoms with Crippen LogP contribution in [0.5, 0.6) is 0 Å². The maximum Gasteiger partial charge on any atom is 0.410 e. The molecule has 0 saturated carbocycles. The van der Waals surface area contributed by atoms with E-state index in [0.29, 0.717) is 30.1 Å². The highest BCUT2D eigenvalue weighted by molar-refractivity contribution is 7.16. The number of nitrogen functional groups attached to an aromatic ring is 1. The molecule has 2 rings (SSSR count). The Hall–Kier alpha value is -1.76. The average molecular weight is 326 g/mol. The summed E-state index contributed by atoms with van der Waals surface area (Å²) >= 11 is 1.34. The number of rotatable bonds is 1. The van der Waals surface area contributed by atoms with Gasteiger partial charge in [0.2, 0.25) is 0 Å². The number of fused-ring (bicyclic) bond motifs is 1. The normalized spacial score (nSPS) is 15.0. The highest BCUT2D eigenvalue weighted by atomic mass is 32.1. The fourth-order valence-electron chi connectivity index (χ4n) is 2.43. The second-order valence-corrected chi connectivity index (χ2v) is 7.38. The van der Waals surface area contributed by atoms with Gasteiger partial charge in [-0.2, -0.15) is 0 Å². The zero-order valence-electron chi connectivity index (χ0n) is 13.4. The summed E-state index contributed by atoms with van der Waals surface area (Å²) in [6.45, 7) is 6.53. The van der Waals surface area contributed by atoms with Crippen LogP contribution in [0.2, 0.25) is 0 Å². The van der Waals surface area contributed by atoms with E-state index in [4.69, 9.17) is 15.2 Å². The zero-order chi connectivity index (χ0) is 16.5. The maximum atomic E-state index is 12.2. The Morgan fingerprint density at radius 3 is 2.59 bits per heavy atom. The van der Waals surface area contributed by atoms with Crippen molar-refractivity contribution in [2.24, 2.45) is 0 Å². The SMILES string of the molecule is COC(=O)c1c(N)sc2c1CCCN(C(=O)OC(C)(C)C)C2. The largest absolute Gasteiger partial charge is 0.465 e. The lowest BCUT2D eigenvalue weighted by Crippen LogP contribution is -2.36. The number of anilines is 1. The molecular weight excluding hydrogens is 304 g/mol. The first-order chi connectivity index (χ1) is 10.2. The lowest BCUT2D eigenvalue weighted by molar-refractivity contribution is 0.0238. The molecule has 1 aromatic heterocycles. The van der Waals surface area contributed by atoms with Crippen LogP contribution >= 0.6 is 11.3 Å². The van der Waals surface area contributed by atoms with Crippen LogP contribution in [-0.2, 0) is 22.4 Å². The molecule has 122 valence electrons. The number of thiophene rings is 1. The van der Waals surface area contributed by atoms with Crippen LogP contribution in [0, 0.1) is 0 Å². The summed E-state index contributed by atoms with van der Waals surface area (Å²) in [6, 6.07) is 0. The molecule has 1 amide bonds. The fourth-order valence-corrected chi connectivity index (χ4v) is 3.55. The van der Waals surface area contributed by atoms with Crippen molar-refractivity contribution >= 4 is 28.4 Å². The molecule has 0 atom stereocenters. The number of esters is 1. The minimum Gasteiger partial charge on any atom is -0.465 e. The van der Waals surface area contributed by atoms with Gasteiger partial charge in [0.25, 0.3) is 0 Å². The van der Waals surface area contributed by atoms with E-state index in [2.05, 4.69) is 0 Å². The molecular formula is C15H22N2O4S. The van der Waals surface area contributed by atoms with E-state index in [-0.39, 0.29) is 6.09 Å². The standard InChI is InChI=1S/C15H22N2O4S/c1-15(2,3)21-14(19)17-7-5-6-9-10(8-17)22-12(16)11(9)13(18)20-4/h5-8,16H2,1-4H3. The molecule has 1 aromatic rings. The highest BCUT2D eigenvalue weighted by Crippen LogP contribution is 2.35. The van der Waals surface area contributed by atoms with Gasteiger partial charge in [0.1, 0.15) is 10.6 Å². The maximum absolute atomic E-state index is 12.2.